The highest BCUT2D eigenvalue weighted by molar-refractivity contribution is 7.71. The van der Waals surface area contributed by atoms with E-state index in [-0.39, 0.29) is 21.6 Å². The van der Waals surface area contributed by atoms with Crippen LogP contribution in [0.3, 0.4) is 0 Å². The summed E-state index contributed by atoms with van der Waals surface area (Å²) in [6.07, 6.45) is 0.931. The number of aromatic amines is 1. The third-order valence-corrected chi connectivity index (χ3v) is 4.00. The molecule has 0 unspecified atom stereocenters. The molecule has 0 fully saturated rings. The van der Waals surface area contributed by atoms with Crippen LogP contribution in [0.2, 0.25) is 0 Å². The first-order chi connectivity index (χ1) is 13.4. The Morgan fingerprint density at radius 3 is 2.54 bits per heavy atom. The smallest absolute Gasteiger partial charge is 0.275 e. The van der Waals surface area contributed by atoms with Crippen LogP contribution in [-0.2, 0) is 0 Å². The Morgan fingerprint density at radius 2 is 1.86 bits per heavy atom. The van der Waals surface area contributed by atoms with E-state index < -0.39 is 23.2 Å². The number of rotatable bonds is 4. The molecule has 0 aliphatic carbocycles. The van der Waals surface area contributed by atoms with E-state index in [4.69, 9.17) is 12.2 Å². The fraction of sp³-hybridized carbons (Fsp3) is 0. The van der Waals surface area contributed by atoms with E-state index in [9.17, 15) is 24.2 Å². The number of amides is 1. The van der Waals surface area contributed by atoms with Crippen molar-refractivity contribution in [1.29, 1.82) is 0 Å². The molecular formula is C18H13FN4O4S. The van der Waals surface area contributed by atoms with Gasteiger partial charge in [0.2, 0.25) is 5.88 Å². The number of nitrogens with one attached hydrogen (secondary N) is 2. The molecule has 142 valence electrons. The molecule has 1 amide bonds. The number of phenolic OH excluding ortho intramolecular Hbond substituents is 1. The molecule has 2 aromatic carbocycles. The molecule has 0 aliphatic heterocycles. The number of phenols is 1. The number of nitrogens with zero attached hydrogens (tertiary/aromatic N) is 2. The molecule has 0 saturated carbocycles. The van der Waals surface area contributed by atoms with Crippen LogP contribution in [-0.4, -0.2) is 31.9 Å². The maximum absolute atomic E-state index is 13.1. The molecule has 28 heavy (non-hydrogen) atoms. The van der Waals surface area contributed by atoms with Gasteiger partial charge in [-0.3, -0.25) is 19.1 Å². The number of hydrazone groups is 1. The van der Waals surface area contributed by atoms with Crippen molar-refractivity contribution < 1.29 is 19.4 Å². The molecule has 0 radical (unpaired) electrons. The molecule has 1 aromatic heterocycles. The van der Waals surface area contributed by atoms with E-state index in [1.807, 2.05) is 0 Å². The molecular weight excluding hydrogens is 387 g/mol. The minimum atomic E-state index is -0.735. The number of carbonyl (C=O) groups excluding carboxylic acids is 1. The van der Waals surface area contributed by atoms with E-state index in [0.717, 1.165) is 10.8 Å². The maximum atomic E-state index is 13.1. The van der Waals surface area contributed by atoms with Crippen molar-refractivity contribution in [3.05, 3.63) is 80.6 Å². The second kappa shape index (κ2) is 7.84. The predicted octanol–water partition coefficient (Wildman–Crippen LogP) is 2.21. The highest BCUT2D eigenvalue weighted by atomic mass is 32.1. The zero-order valence-electron chi connectivity index (χ0n) is 14.1. The molecule has 8 nitrogen and oxygen atoms in total. The Labute approximate surface area is 162 Å². The average molecular weight is 400 g/mol. The summed E-state index contributed by atoms with van der Waals surface area (Å²) in [5, 5.41) is 23.7. The molecule has 0 atom stereocenters. The molecule has 0 spiro atoms. The van der Waals surface area contributed by atoms with Gasteiger partial charge in [0, 0.05) is 0 Å². The minimum Gasteiger partial charge on any atom is -0.507 e. The maximum Gasteiger partial charge on any atom is 0.275 e. The summed E-state index contributed by atoms with van der Waals surface area (Å²) in [6.45, 7) is 0. The van der Waals surface area contributed by atoms with Gasteiger partial charge in [-0.2, -0.15) is 5.10 Å². The number of aromatic hydroxyl groups is 2. The molecule has 0 aliphatic rings. The summed E-state index contributed by atoms with van der Waals surface area (Å²) in [4.78, 5) is 26.5. The predicted molar refractivity (Wildman–Crippen MR) is 102 cm³/mol. The van der Waals surface area contributed by atoms with E-state index in [1.165, 1.54) is 36.4 Å². The van der Waals surface area contributed by atoms with Gasteiger partial charge in [-0.1, -0.05) is 12.1 Å². The highest BCUT2D eigenvalue weighted by Gasteiger charge is 2.13. The summed E-state index contributed by atoms with van der Waals surface area (Å²) in [5.74, 6) is -1.97. The van der Waals surface area contributed by atoms with Crippen molar-refractivity contribution in [2.24, 2.45) is 5.10 Å². The summed E-state index contributed by atoms with van der Waals surface area (Å²) in [6, 6.07) is 10.9. The SMILES string of the molecule is O=C(N/N=C/c1c(O)n(-c2ccc(F)cc2)c(=S)[nH]c1=O)c1ccccc1O. The summed E-state index contributed by atoms with van der Waals surface area (Å²) in [5.41, 5.74) is 1.43. The Balaban J connectivity index is 1.93. The van der Waals surface area contributed by atoms with Crippen LogP contribution < -0.4 is 11.0 Å². The van der Waals surface area contributed by atoms with Gasteiger partial charge >= 0.3 is 0 Å². The van der Waals surface area contributed by atoms with Crippen molar-refractivity contribution in [2.75, 3.05) is 0 Å². The highest BCUT2D eigenvalue weighted by Crippen LogP contribution is 2.19. The van der Waals surface area contributed by atoms with Crippen LogP contribution in [0.4, 0.5) is 4.39 Å². The topological polar surface area (TPSA) is 120 Å². The van der Waals surface area contributed by atoms with Crippen LogP contribution in [0.1, 0.15) is 15.9 Å². The lowest BCUT2D eigenvalue weighted by Gasteiger charge is -2.11. The van der Waals surface area contributed by atoms with Crippen LogP contribution >= 0.6 is 12.2 Å². The molecule has 1 heterocycles. The Kier molecular flexibility index (Phi) is 5.32. The molecule has 0 bridgehead atoms. The third-order valence-electron chi connectivity index (χ3n) is 3.71. The molecule has 4 N–H and O–H groups in total. The second-order valence-corrected chi connectivity index (χ2v) is 5.91. The number of carbonyl (C=O) groups is 1. The lowest BCUT2D eigenvalue weighted by molar-refractivity contribution is 0.0952. The fourth-order valence-corrected chi connectivity index (χ4v) is 2.65. The van der Waals surface area contributed by atoms with Crippen LogP contribution in [0.15, 0.2) is 58.4 Å². The second-order valence-electron chi connectivity index (χ2n) is 5.52. The van der Waals surface area contributed by atoms with Gasteiger partial charge < -0.3 is 10.2 Å². The minimum absolute atomic E-state index is 0.0138. The molecule has 3 aromatic rings. The van der Waals surface area contributed by atoms with Crippen LogP contribution in [0.25, 0.3) is 5.69 Å². The summed E-state index contributed by atoms with van der Waals surface area (Å²) in [7, 11) is 0. The Hall–Kier alpha value is -3.79. The standard InChI is InChI=1S/C18H13FN4O4S/c19-10-5-7-11(8-6-10)23-17(27)13(15(25)21-18(23)28)9-20-22-16(26)12-3-1-2-4-14(12)24/h1-9,24,27H,(H,22,26)(H,21,25,28)/b20-9+. The zero-order valence-corrected chi connectivity index (χ0v) is 14.9. The Morgan fingerprint density at radius 1 is 1.18 bits per heavy atom. The van der Waals surface area contributed by atoms with E-state index in [2.05, 4.69) is 15.5 Å². The van der Waals surface area contributed by atoms with Crippen LogP contribution in [0, 0.1) is 10.6 Å². The van der Waals surface area contributed by atoms with Crippen molar-refractivity contribution in [3.8, 4) is 17.3 Å². The average Bonchev–Trinajstić information content (AvgIpc) is 2.66. The number of halogens is 1. The normalized spacial score (nSPS) is 10.9. The fourth-order valence-electron chi connectivity index (χ4n) is 2.37. The van der Waals surface area contributed by atoms with Gasteiger partial charge in [-0.25, -0.2) is 9.82 Å². The van der Waals surface area contributed by atoms with E-state index in [1.54, 1.807) is 12.1 Å². The number of benzene rings is 2. The number of hydrogen-bond acceptors (Lipinski definition) is 6. The first-order valence-corrected chi connectivity index (χ1v) is 8.25. The molecule has 3 rings (SSSR count). The summed E-state index contributed by atoms with van der Waals surface area (Å²) >= 11 is 5.05. The summed E-state index contributed by atoms with van der Waals surface area (Å²) < 4.78 is 14.1. The van der Waals surface area contributed by atoms with Gasteiger partial charge in [0.05, 0.1) is 17.5 Å². The van der Waals surface area contributed by atoms with Gasteiger partial charge in [-0.15, -0.1) is 0 Å². The van der Waals surface area contributed by atoms with Gasteiger partial charge in [0.1, 0.15) is 17.1 Å². The number of H-pyrrole nitrogens is 1. The van der Waals surface area contributed by atoms with Crippen LogP contribution in [0.5, 0.6) is 11.6 Å². The van der Waals surface area contributed by atoms with Crippen molar-refractivity contribution in [2.45, 2.75) is 0 Å². The quantitative estimate of drug-likeness (QED) is 0.304. The molecule has 0 saturated heterocycles. The van der Waals surface area contributed by atoms with Crippen molar-refractivity contribution in [3.63, 3.8) is 0 Å². The monoisotopic (exact) mass is 400 g/mol. The lowest BCUT2D eigenvalue weighted by Crippen LogP contribution is -2.21. The number of hydrogen-bond donors (Lipinski definition) is 4. The first kappa shape index (κ1) is 19.0. The lowest BCUT2D eigenvalue weighted by atomic mass is 10.2. The molecule has 10 heteroatoms. The number of para-hydroxylation sites is 1. The van der Waals surface area contributed by atoms with Crippen molar-refractivity contribution in [1.82, 2.24) is 15.0 Å². The van der Waals surface area contributed by atoms with Gasteiger partial charge in [0.25, 0.3) is 11.5 Å². The largest absolute Gasteiger partial charge is 0.507 e. The third kappa shape index (κ3) is 3.81. The van der Waals surface area contributed by atoms with E-state index >= 15 is 0 Å². The van der Waals surface area contributed by atoms with Gasteiger partial charge in [0.15, 0.2) is 4.77 Å². The first-order valence-electron chi connectivity index (χ1n) is 7.84. The Bertz CT molecular complexity index is 1190. The van der Waals surface area contributed by atoms with Gasteiger partial charge in [-0.05, 0) is 48.6 Å². The van der Waals surface area contributed by atoms with Crippen molar-refractivity contribution >= 4 is 24.3 Å². The number of aromatic nitrogens is 2. The van der Waals surface area contributed by atoms with E-state index in [0.29, 0.717) is 5.69 Å². The zero-order chi connectivity index (χ0) is 20.3.